The molecule has 0 heterocycles. The van der Waals surface area contributed by atoms with Crippen LogP contribution < -0.4 is 5.73 Å². The number of halogens is 1. The first-order valence-corrected chi connectivity index (χ1v) is 6.61. The third-order valence-electron chi connectivity index (χ3n) is 3.19. The van der Waals surface area contributed by atoms with E-state index in [-0.39, 0.29) is 5.78 Å². The van der Waals surface area contributed by atoms with Crippen LogP contribution in [-0.4, -0.2) is 5.78 Å². The molecule has 3 aromatic carbocycles. The van der Waals surface area contributed by atoms with Gasteiger partial charge >= 0.3 is 0 Å². The SMILES string of the molecule is Nc1cc(Cl)cc(C(=O)c2ccc3ccccc3c2)c1. The molecule has 0 saturated carbocycles. The molecule has 0 amide bonds. The number of benzene rings is 3. The first-order chi connectivity index (χ1) is 9.63. The number of rotatable bonds is 2. The number of nitrogen functional groups attached to an aromatic ring is 1. The van der Waals surface area contributed by atoms with Crippen LogP contribution in [0.2, 0.25) is 5.02 Å². The maximum absolute atomic E-state index is 12.5. The molecule has 2 nitrogen and oxygen atoms in total. The van der Waals surface area contributed by atoms with Crippen molar-refractivity contribution in [3.05, 3.63) is 76.8 Å². The molecule has 0 spiro atoms. The van der Waals surface area contributed by atoms with E-state index in [1.807, 2.05) is 42.5 Å². The average molecular weight is 282 g/mol. The van der Waals surface area contributed by atoms with Crippen LogP contribution in [0.1, 0.15) is 15.9 Å². The first-order valence-electron chi connectivity index (χ1n) is 6.23. The topological polar surface area (TPSA) is 43.1 Å². The number of anilines is 1. The average Bonchev–Trinajstić information content (AvgIpc) is 2.45. The third-order valence-corrected chi connectivity index (χ3v) is 3.41. The van der Waals surface area contributed by atoms with Gasteiger partial charge in [0, 0.05) is 21.8 Å². The van der Waals surface area contributed by atoms with E-state index < -0.39 is 0 Å². The number of carbonyl (C=O) groups is 1. The van der Waals surface area contributed by atoms with Crippen molar-refractivity contribution >= 4 is 33.8 Å². The van der Waals surface area contributed by atoms with Crippen LogP contribution in [0.5, 0.6) is 0 Å². The van der Waals surface area contributed by atoms with Crippen LogP contribution in [0.3, 0.4) is 0 Å². The minimum absolute atomic E-state index is 0.0787. The summed E-state index contributed by atoms with van der Waals surface area (Å²) >= 11 is 5.94. The van der Waals surface area contributed by atoms with E-state index in [0.29, 0.717) is 21.8 Å². The number of fused-ring (bicyclic) bond motifs is 1. The number of ketones is 1. The Bertz CT molecular complexity index is 791. The van der Waals surface area contributed by atoms with Crippen LogP contribution in [0, 0.1) is 0 Å². The standard InChI is InChI=1S/C17H12ClNO/c18-15-8-14(9-16(19)10-15)17(20)13-6-5-11-3-1-2-4-12(11)7-13/h1-10H,19H2. The van der Waals surface area contributed by atoms with E-state index in [4.69, 9.17) is 17.3 Å². The molecular formula is C17H12ClNO. The highest BCUT2D eigenvalue weighted by atomic mass is 35.5. The maximum atomic E-state index is 12.5. The van der Waals surface area contributed by atoms with Gasteiger partial charge in [0.25, 0.3) is 0 Å². The van der Waals surface area contributed by atoms with Gasteiger partial charge in [-0.2, -0.15) is 0 Å². The summed E-state index contributed by atoms with van der Waals surface area (Å²) in [6.07, 6.45) is 0. The summed E-state index contributed by atoms with van der Waals surface area (Å²) in [5, 5.41) is 2.61. The predicted molar refractivity (Wildman–Crippen MR) is 83.2 cm³/mol. The molecule has 3 aromatic rings. The van der Waals surface area contributed by atoms with E-state index in [2.05, 4.69) is 0 Å². The lowest BCUT2D eigenvalue weighted by Crippen LogP contribution is -2.02. The van der Waals surface area contributed by atoms with Crippen molar-refractivity contribution in [2.24, 2.45) is 0 Å². The molecule has 0 atom stereocenters. The van der Waals surface area contributed by atoms with Gasteiger partial charge in [-0.05, 0) is 35.0 Å². The van der Waals surface area contributed by atoms with Crippen LogP contribution in [0.4, 0.5) is 5.69 Å². The molecule has 0 fully saturated rings. The van der Waals surface area contributed by atoms with Crippen molar-refractivity contribution in [2.75, 3.05) is 5.73 Å². The second-order valence-corrected chi connectivity index (χ2v) is 5.10. The van der Waals surface area contributed by atoms with Crippen molar-refractivity contribution in [1.82, 2.24) is 0 Å². The van der Waals surface area contributed by atoms with Crippen LogP contribution in [-0.2, 0) is 0 Å². The van der Waals surface area contributed by atoms with E-state index in [1.165, 1.54) is 0 Å². The summed E-state index contributed by atoms with van der Waals surface area (Å²) in [7, 11) is 0. The smallest absolute Gasteiger partial charge is 0.193 e. The Balaban J connectivity index is 2.07. The van der Waals surface area contributed by atoms with Gasteiger partial charge in [0.1, 0.15) is 0 Å². The van der Waals surface area contributed by atoms with Crippen molar-refractivity contribution in [3.8, 4) is 0 Å². The zero-order valence-electron chi connectivity index (χ0n) is 10.6. The highest BCUT2D eigenvalue weighted by Gasteiger charge is 2.11. The Hall–Kier alpha value is -2.32. The third kappa shape index (κ3) is 2.38. The van der Waals surface area contributed by atoms with Gasteiger partial charge < -0.3 is 5.73 Å². The van der Waals surface area contributed by atoms with Crippen molar-refractivity contribution in [2.45, 2.75) is 0 Å². The Morgan fingerprint density at radius 3 is 2.35 bits per heavy atom. The minimum atomic E-state index is -0.0787. The Morgan fingerprint density at radius 1 is 0.850 bits per heavy atom. The molecule has 0 aliphatic rings. The molecule has 0 unspecified atom stereocenters. The van der Waals surface area contributed by atoms with Gasteiger partial charge in [0.15, 0.2) is 5.78 Å². The van der Waals surface area contributed by atoms with Gasteiger partial charge in [-0.3, -0.25) is 4.79 Å². The Labute approximate surface area is 121 Å². The fraction of sp³-hybridized carbons (Fsp3) is 0. The zero-order valence-corrected chi connectivity index (χ0v) is 11.4. The van der Waals surface area contributed by atoms with E-state index in [9.17, 15) is 4.79 Å². The predicted octanol–water partition coefficient (Wildman–Crippen LogP) is 4.31. The summed E-state index contributed by atoms with van der Waals surface area (Å²) in [5.74, 6) is -0.0787. The Kier molecular flexibility index (Phi) is 3.17. The molecule has 98 valence electrons. The molecule has 0 aromatic heterocycles. The lowest BCUT2D eigenvalue weighted by molar-refractivity contribution is 0.103. The van der Waals surface area contributed by atoms with Crippen LogP contribution in [0.15, 0.2) is 60.7 Å². The fourth-order valence-electron chi connectivity index (χ4n) is 2.24. The highest BCUT2D eigenvalue weighted by molar-refractivity contribution is 6.31. The van der Waals surface area contributed by atoms with Crippen molar-refractivity contribution < 1.29 is 4.79 Å². The molecular weight excluding hydrogens is 270 g/mol. The second-order valence-electron chi connectivity index (χ2n) is 4.66. The van der Waals surface area contributed by atoms with Crippen LogP contribution in [0.25, 0.3) is 10.8 Å². The number of hydrogen-bond acceptors (Lipinski definition) is 2. The summed E-state index contributed by atoms with van der Waals surface area (Å²) < 4.78 is 0. The highest BCUT2D eigenvalue weighted by Crippen LogP contribution is 2.22. The quantitative estimate of drug-likeness (QED) is 0.562. The van der Waals surface area contributed by atoms with Crippen molar-refractivity contribution in [1.29, 1.82) is 0 Å². The number of nitrogens with two attached hydrogens (primary N) is 1. The van der Waals surface area contributed by atoms with Gasteiger partial charge in [0.2, 0.25) is 0 Å². The Morgan fingerprint density at radius 2 is 1.60 bits per heavy atom. The molecule has 20 heavy (non-hydrogen) atoms. The summed E-state index contributed by atoms with van der Waals surface area (Å²) in [6.45, 7) is 0. The molecule has 2 N–H and O–H groups in total. The van der Waals surface area contributed by atoms with Gasteiger partial charge in [0.05, 0.1) is 0 Å². The first kappa shape index (κ1) is 12.7. The zero-order chi connectivity index (χ0) is 14.1. The second kappa shape index (κ2) is 4.99. The fourth-order valence-corrected chi connectivity index (χ4v) is 2.48. The number of hydrogen-bond donors (Lipinski definition) is 1. The number of carbonyl (C=O) groups excluding carboxylic acids is 1. The monoisotopic (exact) mass is 281 g/mol. The van der Waals surface area contributed by atoms with Gasteiger partial charge in [-0.15, -0.1) is 0 Å². The van der Waals surface area contributed by atoms with E-state index >= 15 is 0 Å². The van der Waals surface area contributed by atoms with E-state index in [1.54, 1.807) is 18.2 Å². The summed E-state index contributed by atoms with van der Waals surface area (Å²) in [6, 6.07) is 18.5. The molecule has 3 heteroatoms. The molecule has 0 radical (unpaired) electrons. The lowest BCUT2D eigenvalue weighted by atomic mass is 10.00. The summed E-state index contributed by atoms with van der Waals surface area (Å²) in [4.78, 5) is 12.5. The molecule has 0 saturated heterocycles. The minimum Gasteiger partial charge on any atom is -0.399 e. The lowest BCUT2D eigenvalue weighted by Gasteiger charge is -2.05. The van der Waals surface area contributed by atoms with Crippen LogP contribution >= 0.6 is 11.6 Å². The molecule has 0 aliphatic heterocycles. The molecule has 0 bridgehead atoms. The molecule has 3 rings (SSSR count). The maximum Gasteiger partial charge on any atom is 0.193 e. The van der Waals surface area contributed by atoms with Gasteiger partial charge in [-0.1, -0.05) is 48.0 Å². The summed E-state index contributed by atoms with van der Waals surface area (Å²) in [5.41, 5.74) is 7.35. The molecule has 0 aliphatic carbocycles. The largest absolute Gasteiger partial charge is 0.399 e. The normalized spacial score (nSPS) is 10.7. The van der Waals surface area contributed by atoms with Crippen molar-refractivity contribution in [3.63, 3.8) is 0 Å². The van der Waals surface area contributed by atoms with E-state index in [0.717, 1.165) is 10.8 Å². The van der Waals surface area contributed by atoms with Gasteiger partial charge in [-0.25, -0.2) is 0 Å².